The Morgan fingerprint density at radius 1 is 0.933 bits per heavy atom. The number of aliphatic hydroxyl groups excluding tert-OH is 1. The fourth-order valence-electron chi connectivity index (χ4n) is 12.9. The number of halogens is 1. The Morgan fingerprint density at radius 3 is 2.24 bits per heavy atom. The normalized spacial score (nSPS) is 43.0. The summed E-state index contributed by atoms with van der Waals surface area (Å²) in [5.74, 6) is 2.91. The summed E-state index contributed by atoms with van der Waals surface area (Å²) in [6, 6.07) is 4.08. The Hall–Kier alpha value is -1.40. The number of fused-ring (bicyclic) bond motifs is 7. The molecule has 1 heterocycles. The number of hydrogen-bond donors (Lipinski definition) is 1. The van der Waals surface area contributed by atoms with Gasteiger partial charge in [0.2, 0.25) is 6.54 Å². The van der Waals surface area contributed by atoms with E-state index >= 15 is 0 Å². The zero-order valence-corrected chi connectivity index (χ0v) is 31.1. The molecule has 6 rings (SSSR count). The number of carbonyl (C=O) groups excluding carboxylic acids is 1. The van der Waals surface area contributed by atoms with Gasteiger partial charge in [-0.1, -0.05) is 46.8 Å². The van der Waals surface area contributed by atoms with Gasteiger partial charge in [-0.05, 0) is 122 Å². The van der Waals surface area contributed by atoms with E-state index in [1.807, 2.05) is 43.2 Å². The quantitative estimate of drug-likeness (QED) is 0.270. The van der Waals surface area contributed by atoms with Crippen molar-refractivity contribution in [2.75, 3.05) is 25.6 Å². The number of carbonyl (C=O) groups is 1. The van der Waals surface area contributed by atoms with Crippen LogP contribution < -0.4 is 26.4 Å². The van der Waals surface area contributed by atoms with Crippen molar-refractivity contribution in [3.05, 3.63) is 36.7 Å². The van der Waals surface area contributed by atoms with Crippen molar-refractivity contribution >= 4 is 11.7 Å². The number of esters is 1. The number of pyridine rings is 1. The molecule has 5 nitrogen and oxygen atoms in total. The molecule has 0 saturated heterocycles. The molecule has 252 valence electrons. The van der Waals surface area contributed by atoms with E-state index in [0.29, 0.717) is 41.6 Å². The van der Waals surface area contributed by atoms with Crippen LogP contribution >= 0.6 is 0 Å². The fourth-order valence-corrected chi connectivity index (χ4v) is 12.9. The van der Waals surface area contributed by atoms with Crippen LogP contribution in [-0.4, -0.2) is 37.9 Å². The lowest BCUT2D eigenvalue weighted by molar-refractivity contribution is -0.686. The van der Waals surface area contributed by atoms with E-state index in [2.05, 4.69) is 53.0 Å². The van der Waals surface area contributed by atoms with Crippen molar-refractivity contribution in [2.24, 2.45) is 56.7 Å². The average Bonchev–Trinajstić information content (AvgIpc) is 3.36. The van der Waals surface area contributed by atoms with E-state index in [1.54, 1.807) is 0 Å². The van der Waals surface area contributed by atoms with Crippen molar-refractivity contribution in [3.8, 4) is 0 Å². The minimum Gasteiger partial charge on any atom is -1.00 e. The molecular formula is C39H61BrN2O3. The molecule has 0 bridgehead atoms. The van der Waals surface area contributed by atoms with Crippen LogP contribution in [0.15, 0.2) is 36.7 Å². The molecule has 0 aromatic carbocycles. The van der Waals surface area contributed by atoms with Crippen LogP contribution in [0.4, 0.5) is 5.69 Å². The molecule has 0 amide bonds. The maximum Gasteiger partial charge on any atom is 0.372 e. The molecule has 5 aliphatic rings. The van der Waals surface area contributed by atoms with Crippen molar-refractivity contribution in [2.45, 2.75) is 118 Å². The molecule has 0 aliphatic heterocycles. The third kappa shape index (κ3) is 5.16. The van der Waals surface area contributed by atoms with Gasteiger partial charge < -0.3 is 31.7 Å². The zero-order valence-electron chi connectivity index (χ0n) is 29.5. The summed E-state index contributed by atoms with van der Waals surface area (Å²) in [5, 5.41) is 10.8. The van der Waals surface area contributed by atoms with Crippen molar-refractivity contribution in [3.63, 3.8) is 0 Å². The number of anilines is 1. The predicted octanol–water partition coefficient (Wildman–Crippen LogP) is 4.61. The van der Waals surface area contributed by atoms with Crippen molar-refractivity contribution in [1.82, 2.24) is 0 Å². The van der Waals surface area contributed by atoms with Gasteiger partial charge in [0, 0.05) is 43.9 Å². The van der Waals surface area contributed by atoms with E-state index in [9.17, 15) is 9.90 Å². The summed E-state index contributed by atoms with van der Waals surface area (Å²) >= 11 is 0. The topological polar surface area (TPSA) is 53.7 Å². The Bertz CT molecular complexity index is 1280. The van der Waals surface area contributed by atoms with E-state index < -0.39 is 0 Å². The first-order chi connectivity index (χ1) is 20.6. The lowest BCUT2D eigenvalue weighted by Gasteiger charge is -2.73. The molecule has 0 radical (unpaired) electrons. The number of allylic oxidation sites excluding steroid dienone is 1. The lowest BCUT2D eigenvalue weighted by atomic mass is 9.32. The third-order valence-corrected chi connectivity index (χ3v) is 15.5. The Labute approximate surface area is 284 Å². The first-order valence-electron chi connectivity index (χ1n) is 17.8. The van der Waals surface area contributed by atoms with Crippen LogP contribution in [-0.2, 0) is 16.1 Å². The summed E-state index contributed by atoms with van der Waals surface area (Å²) in [6.07, 6.45) is 15.9. The average molecular weight is 686 g/mol. The van der Waals surface area contributed by atoms with Crippen LogP contribution in [0.3, 0.4) is 0 Å². The van der Waals surface area contributed by atoms with Crippen LogP contribution in [0, 0.1) is 56.7 Å². The van der Waals surface area contributed by atoms with Gasteiger partial charge in [0.25, 0.3) is 0 Å². The second kappa shape index (κ2) is 11.9. The second-order valence-electron chi connectivity index (χ2n) is 17.7. The summed E-state index contributed by atoms with van der Waals surface area (Å²) < 4.78 is 8.28. The standard InChI is InChI=1S/C39H61N2O3.BrH/c1-26(2)28-12-19-39(25-42)21-20-37(6)29(34(28)39)10-11-31-36(5)17-14-32(35(3,4)30(36)13-18-38(31,37)7)44-33(43)24-41-22-15-27(16-23-41)40(8)9;/h15-16,22-23,28-32,34,42H,1,10-14,17-21,24-25H2,2-9H3;1H/q+1;/p-1/t28-,29+,30-,31+,32-,34+,36-,37+,38+,39+;/m0./s1. The smallest absolute Gasteiger partial charge is 0.372 e. The highest BCUT2D eigenvalue weighted by molar-refractivity contribution is 5.68. The predicted molar refractivity (Wildman–Crippen MR) is 177 cm³/mol. The van der Waals surface area contributed by atoms with E-state index in [-0.39, 0.29) is 57.3 Å². The maximum absolute atomic E-state index is 13.2. The monoisotopic (exact) mass is 684 g/mol. The first-order valence-corrected chi connectivity index (χ1v) is 17.8. The number of rotatable bonds is 6. The van der Waals surface area contributed by atoms with Gasteiger partial charge in [0.05, 0.1) is 0 Å². The van der Waals surface area contributed by atoms with E-state index in [1.165, 1.54) is 56.9 Å². The van der Waals surface area contributed by atoms with Crippen LogP contribution in [0.25, 0.3) is 0 Å². The molecule has 10 atom stereocenters. The molecular weight excluding hydrogens is 624 g/mol. The molecule has 0 unspecified atom stereocenters. The molecule has 45 heavy (non-hydrogen) atoms. The number of ether oxygens (including phenoxy) is 1. The second-order valence-corrected chi connectivity index (χ2v) is 17.7. The highest BCUT2D eigenvalue weighted by Gasteiger charge is 2.71. The van der Waals surface area contributed by atoms with Gasteiger partial charge >= 0.3 is 5.97 Å². The van der Waals surface area contributed by atoms with Gasteiger partial charge in [0.15, 0.2) is 12.4 Å². The van der Waals surface area contributed by atoms with Gasteiger partial charge in [-0.15, -0.1) is 0 Å². The van der Waals surface area contributed by atoms with Crippen LogP contribution in [0.5, 0.6) is 0 Å². The highest BCUT2D eigenvalue weighted by Crippen LogP contribution is 2.77. The number of hydrogen-bond acceptors (Lipinski definition) is 4. The first kappa shape index (κ1) is 34.9. The SMILES string of the molecule is C=C(C)[C@@H]1CC[C@]2(CO)CC[C@]3(C)[C@H](CC[C@@H]4[C@@]5(C)CC[C@H](OC(=O)C[n+]6ccc(N(C)C)cc6)C(C)(C)[C@@H]5CC[C@]43C)[C@@H]12.[Br-]. The third-order valence-electron chi connectivity index (χ3n) is 15.5. The minimum absolute atomic E-state index is 0. The van der Waals surface area contributed by atoms with Gasteiger partial charge in [-0.25, -0.2) is 4.79 Å². The fraction of sp³-hybridized carbons (Fsp3) is 0.795. The van der Waals surface area contributed by atoms with E-state index in [0.717, 1.165) is 18.5 Å². The molecule has 1 aromatic rings. The zero-order chi connectivity index (χ0) is 31.9. The Balaban J connectivity index is 0.00000400. The Kier molecular flexibility index (Phi) is 9.26. The maximum atomic E-state index is 13.2. The molecule has 1 aromatic heterocycles. The number of nitrogens with zero attached hydrogens (tertiary/aromatic N) is 2. The van der Waals surface area contributed by atoms with Crippen molar-refractivity contribution < 1.29 is 36.2 Å². The molecule has 5 fully saturated rings. The van der Waals surface area contributed by atoms with Gasteiger partial charge in [-0.2, -0.15) is 4.57 Å². The molecule has 1 N–H and O–H groups in total. The van der Waals surface area contributed by atoms with Gasteiger partial charge in [-0.3, -0.25) is 0 Å². The summed E-state index contributed by atoms with van der Waals surface area (Å²) in [6.45, 7) is 20.1. The summed E-state index contributed by atoms with van der Waals surface area (Å²) in [5.41, 5.74) is 3.34. The highest BCUT2D eigenvalue weighted by atomic mass is 79.9. The minimum atomic E-state index is -0.124. The van der Waals surface area contributed by atoms with Crippen LogP contribution in [0.1, 0.15) is 106 Å². The molecule has 0 spiro atoms. The van der Waals surface area contributed by atoms with Crippen molar-refractivity contribution in [1.29, 1.82) is 0 Å². The van der Waals surface area contributed by atoms with E-state index in [4.69, 9.17) is 4.74 Å². The molecule has 5 aliphatic carbocycles. The summed E-state index contributed by atoms with van der Waals surface area (Å²) in [7, 11) is 4.05. The molecule has 6 heteroatoms. The van der Waals surface area contributed by atoms with Gasteiger partial charge in [0.1, 0.15) is 6.10 Å². The summed E-state index contributed by atoms with van der Waals surface area (Å²) in [4.78, 5) is 15.3. The lowest BCUT2D eigenvalue weighted by Crippen LogP contribution is -3.00. The number of aromatic nitrogens is 1. The number of aliphatic hydroxyl groups is 1. The largest absolute Gasteiger partial charge is 1.00 e. The molecule has 5 saturated carbocycles. The Morgan fingerprint density at radius 2 is 1.62 bits per heavy atom. The van der Waals surface area contributed by atoms with Crippen LogP contribution in [0.2, 0.25) is 0 Å².